The third-order valence-corrected chi connectivity index (χ3v) is 3.59. The summed E-state index contributed by atoms with van der Waals surface area (Å²) in [5.41, 5.74) is 1.23. The topological polar surface area (TPSA) is 68.3 Å². The number of unbranched alkanes of at least 4 members (excludes halogenated alkanes) is 1. The van der Waals surface area contributed by atoms with Gasteiger partial charge in [-0.2, -0.15) is 0 Å². The molecule has 5 heteroatoms. The fraction of sp³-hybridized carbons (Fsp3) is 0.278. The summed E-state index contributed by atoms with van der Waals surface area (Å²) in [4.78, 5) is 28.6. The van der Waals surface area contributed by atoms with Crippen LogP contribution in [0.4, 0.5) is 0 Å². The zero-order valence-corrected chi connectivity index (χ0v) is 13.1. The smallest absolute Gasteiger partial charge is 0.328 e. The summed E-state index contributed by atoms with van der Waals surface area (Å²) in [5.74, 6) is -0.752. The van der Waals surface area contributed by atoms with Crippen LogP contribution in [0.15, 0.2) is 49.2 Å². The Morgan fingerprint density at radius 1 is 1.35 bits per heavy atom. The van der Waals surface area contributed by atoms with Gasteiger partial charge in [0, 0.05) is 11.6 Å². The Bertz CT molecular complexity index is 707. The Balaban J connectivity index is 2.19. The monoisotopic (exact) mass is 312 g/mol. The van der Waals surface area contributed by atoms with Crippen LogP contribution < -0.4 is 5.32 Å². The second kappa shape index (κ2) is 8.08. The van der Waals surface area contributed by atoms with Crippen molar-refractivity contribution in [2.75, 3.05) is 7.11 Å². The number of hydrogen-bond acceptors (Lipinski definition) is 4. The van der Waals surface area contributed by atoms with Gasteiger partial charge >= 0.3 is 5.97 Å². The van der Waals surface area contributed by atoms with Gasteiger partial charge in [0.25, 0.3) is 5.91 Å². The van der Waals surface area contributed by atoms with Gasteiger partial charge in [-0.15, -0.1) is 6.58 Å². The lowest BCUT2D eigenvalue weighted by Gasteiger charge is -2.16. The SMILES string of the molecule is C=CCCC[C@@H](NC(=O)c1ccnc2ccccc12)C(=O)OC. The molecule has 5 nitrogen and oxygen atoms in total. The Morgan fingerprint density at radius 2 is 2.13 bits per heavy atom. The first-order chi connectivity index (χ1) is 11.2. The van der Waals surface area contributed by atoms with E-state index < -0.39 is 12.0 Å². The highest BCUT2D eigenvalue weighted by atomic mass is 16.5. The van der Waals surface area contributed by atoms with E-state index in [9.17, 15) is 9.59 Å². The predicted octanol–water partition coefficient (Wildman–Crippen LogP) is 2.86. The number of nitrogens with zero attached hydrogens (tertiary/aromatic N) is 1. The largest absolute Gasteiger partial charge is 0.467 e. The van der Waals surface area contributed by atoms with Gasteiger partial charge < -0.3 is 10.1 Å². The molecule has 0 unspecified atom stereocenters. The number of allylic oxidation sites excluding steroid dienone is 1. The molecule has 0 bridgehead atoms. The lowest BCUT2D eigenvalue weighted by atomic mass is 10.1. The number of pyridine rings is 1. The van der Waals surface area contributed by atoms with E-state index in [-0.39, 0.29) is 5.91 Å². The number of rotatable bonds is 7. The number of esters is 1. The molecule has 0 aliphatic rings. The maximum atomic E-state index is 12.6. The highest BCUT2D eigenvalue weighted by molar-refractivity contribution is 6.07. The van der Waals surface area contributed by atoms with Gasteiger partial charge in [-0.3, -0.25) is 9.78 Å². The van der Waals surface area contributed by atoms with Gasteiger partial charge in [-0.05, 0) is 31.4 Å². The first-order valence-corrected chi connectivity index (χ1v) is 7.50. The molecule has 23 heavy (non-hydrogen) atoms. The predicted molar refractivity (Wildman–Crippen MR) is 89.1 cm³/mol. The Morgan fingerprint density at radius 3 is 2.87 bits per heavy atom. The number of para-hydroxylation sites is 1. The molecule has 1 heterocycles. The molecule has 0 spiro atoms. The number of fused-ring (bicyclic) bond motifs is 1. The quantitative estimate of drug-likeness (QED) is 0.485. The van der Waals surface area contributed by atoms with Crippen LogP contribution >= 0.6 is 0 Å². The summed E-state index contributed by atoms with van der Waals surface area (Å²) in [5, 5.41) is 3.51. The van der Waals surface area contributed by atoms with Crippen LogP contribution in [0, 0.1) is 0 Å². The van der Waals surface area contributed by atoms with Gasteiger partial charge in [-0.25, -0.2) is 4.79 Å². The fourth-order valence-corrected chi connectivity index (χ4v) is 2.39. The molecule has 0 saturated heterocycles. The molecular formula is C18H20N2O3. The highest BCUT2D eigenvalue weighted by Crippen LogP contribution is 2.16. The van der Waals surface area contributed by atoms with E-state index in [0.717, 1.165) is 23.7 Å². The Labute approximate surface area is 135 Å². The maximum absolute atomic E-state index is 12.6. The number of amides is 1. The maximum Gasteiger partial charge on any atom is 0.328 e. The van der Waals surface area contributed by atoms with E-state index in [4.69, 9.17) is 4.74 Å². The van der Waals surface area contributed by atoms with Crippen molar-refractivity contribution in [3.63, 3.8) is 0 Å². The number of carbonyl (C=O) groups excluding carboxylic acids is 2. The van der Waals surface area contributed by atoms with Crippen LogP contribution in [-0.4, -0.2) is 30.0 Å². The summed E-state index contributed by atoms with van der Waals surface area (Å²) >= 11 is 0. The van der Waals surface area contributed by atoms with Crippen LogP contribution in [0.3, 0.4) is 0 Å². The third-order valence-electron chi connectivity index (χ3n) is 3.59. The Kier molecular flexibility index (Phi) is 5.86. The van der Waals surface area contributed by atoms with Crippen molar-refractivity contribution in [3.8, 4) is 0 Å². The second-order valence-electron chi connectivity index (χ2n) is 5.14. The molecule has 2 aromatic rings. The zero-order chi connectivity index (χ0) is 16.7. The van der Waals surface area contributed by atoms with Crippen molar-refractivity contribution in [1.29, 1.82) is 0 Å². The molecule has 2 rings (SSSR count). The third kappa shape index (κ3) is 4.16. The van der Waals surface area contributed by atoms with Crippen LogP contribution in [0.5, 0.6) is 0 Å². The van der Waals surface area contributed by atoms with Crippen LogP contribution in [0.1, 0.15) is 29.6 Å². The van der Waals surface area contributed by atoms with Crippen LogP contribution in [-0.2, 0) is 9.53 Å². The molecule has 1 aromatic carbocycles. The molecule has 0 fully saturated rings. The minimum absolute atomic E-state index is 0.308. The first-order valence-electron chi connectivity index (χ1n) is 7.50. The average molecular weight is 312 g/mol. The van der Waals surface area contributed by atoms with E-state index >= 15 is 0 Å². The van der Waals surface area contributed by atoms with Crippen molar-refractivity contribution in [1.82, 2.24) is 10.3 Å². The number of carbonyl (C=O) groups is 2. The lowest BCUT2D eigenvalue weighted by Crippen LogP contribution is -2.41. The molecule has 0 saturated carbocycles. The van der Waals surface area contributed by atoms with E-state index in [2.05, 4.69) is 16.9 Å². The normalized spacial score (nSPS) is 11.7. The summed E-state index contributed by atoms with van der Waals surface area (Å²) < 4.78 is 4.78. The van der Waals surface area contributed by atoms with Gasteiger partial charge in [0.15, 0.2) is 0 Å². The van der Waals surface area contributed by atoms with Crippen LogP contribution in [0.25, 0.3) is 10.9 Å². The molecular weight excluding hydrogens is 292 g/mol. The van der Waals surface area contributed by atoms with Gasteiger partial charge in [0.1, 0.15) is 6.04 Å². The van der Waals surface area contributed by atoms with Crippen molar-refractivity contribution >= 4 is 22.8 Å². The van der Waals surface area contributed by atoms with E-state index in [1.165, 1.54) is 7.11 Å². The van der Waals surface area contributed by atoms with Crippen molar-refractivity contribution in [2.24, 2.45) is 0 Å². The van der Waals surface area contributed by atoms with E-state index in [0.29, 0.717) is 12.0 Å². The standard InChI is InChI=1S/C18H20N2O3/c1-3-4-5-10-16(18(22)23-2)20-17(21)14-11-12-19-15-9-7-6-8-13(14)15/h3,6-9,11-12,16H,1,4-5,10H2,2H3,(H,20,21)/t16-/m1/s1. The molecule has 0 aliphatic carbocycles. The second-order valence-corrected chi connectivity index (χ2v) is 5.14. The highest BCUT2D eigenvalue weighted by Gasteiger charge is 2.22. The number of methoxy groups -OCH3 is 1. The van der Waals surface area contributed by atoms with Crippen molar-refractivity contribution in [2.45, 2.75) is 25.3 Å². The van der Waals surface area contributed by atoms with E-state index in [1.807, 2.05) is 24.3 Å². The van der Waals surface area contributed by atoms with Crippen molar-refractivity contribution in [3.05, 3.63) is 54.7 Å². The number of hydrogen-bond donors (Lipinski definition) is 1. The molecule has 1 aromatic heterocycles. The summed E-state index contributed by atoms with van der Waals surface area (Å²) in [6, 6.07) is 8.37. The summed E-state index contributed by atoms with van der Waals surface area (Å²) in [7, 11) is 1.32. The van der Waals surface area contributed by atoms with Crippen molar-refractivity contribution < 1.29 is 14.3 Å². The number of ether oxygens (including phenoxy) is 1. The van der Waals surface area contributed by atoms with Gasteiger partial charge in [-0.1, -0.05) is 24.3 Å². The summed E-state index contributed by atoms with van der Waals surface area (Å²) in [6.07, 6.45) is 5.41. The van der Waals surface area contributed by atoms with Gasteiger partial charge in [0.05, 0.1) is 18.2 Å². The summed E-state index contributed by atoms with van der Waals surface area (Å²) in [6.45, 7) is 3.65. The number of benzene rings is 1. The molecule has 120 valence electrons. The molecule has 0 radical (unpaired) electrons. The van der Waals surface area contributed by atoms with E-state index in [1.54, 1.807) is 18.3 Å². The minimum atomic E-state index is -0.667. The van der Waals surface area contributed by atoms with Crippen LogP contribution in [0.2, 0.25) is 0 Å². The number of aromatic nitrogens is 1. The fourth-order valence-electron chi connectivity index (χ4n) is 2.39. The molecule has 1 atom stereocenters. The zero-order valence-electron chi connectivity index (χ0n) is 13.1. The number of nitrogens with one attached hydrogen (secondary N) is 1. The average Bonchev–Trinajstić information content (AvgIpc) is 2.59. The minimum Gasteiger partial charge on any atom is -0.467 e. The molecule has 0 aliphatic heterocycles. The molecule has 1 amide bonds. The Hall–Kier alpha value is -2.69. The first kappa shape index (κ1) is 16.7. The van der Waals surface area contributed by atoms with Gasteiger partial charge in [0.2, 0.25) is 0 Å². The molecule has 1 N–H and O–H groups in total. The lowest BCUT2D eigenvalue weighted by molar-refractivity contribution is -0.143.